The first-order valence-corrected chi connectivity index (χ1v) is 6.04. The van der Waals surface area contributed by atoms with Crippen molar-refractivity contribution < 1.29 is 18.7 Å². The van der Waals surface area contributed by atoms with Gasteiger partial charge >= 0.3 is 5.97 Å². The zero-order valence-electron chi connectivity index (χ0n) is 11.0. The van der Waals surface area contributed by atoms with Crippen molar-refractivity contribution in [1.82, 2.24) is 4.98 Å². The van der Waals surface area contributed by atoms with E-state index >= 15 is 0 Å². The second-order valence-electron chi connectivity index (χ2n) is 4.16. The van der Waals surface area contributed by atoms with E-state index in [2.05, 4.69) is 9.72 Å². The van der Waals surface area contributed by atoms with E-state index in [-0.39, 0.29) is 12.2 Å². The van der Waals surface area contributed by atoms with E-state index in [0.717, 1.165) is 5.56 Å². The molecule has 0 atom stereocenters. The van der Waals surface area contributed by atoms with Crippen LogP contribution in [0.5, 0.6) is 0 Å². The lowest BCUT2D eigenvalue weighted by atomic mass is 10.1. The molecule has 0 aliphatic rings. The van der Waals surface area contributed by atoms with Crippen LogP contribution in [-0.2, 0) is 22.7 Å². The van der Waals surface area contributed by atoms with Crippen LogP contribution in [0.3, 0.4) is 0 Å². The summed E-state index contributed by atoms with van der Waals surface area (Å²) in [6.07, 6.45) is 3.39. The Morgan fingerprint density at radius 3 is 2.70 bits per heavy atom. The molecule has 0 spiro atoms. The molecule has 0 saturated carbocycles. The smallest absolute Gasteiger partial charge is 0.340 e. The number of ether oxygens (including phenoxy) is 2. The second-order valence-corrected chi connectivity index (χ2v) is 4.16. The van der Waals surface area contributed by atoms with Crippen molar-refractivity contribution in [2.45, 2.75) is 13.2 Å². The van der Waals surface area contributed by atoms with Gasteiger partial charge in [0.05, 0.1) is 25.9 Å². The van der Waals surface area contributed by atoms with Crippen molar-refractivity contribution in [2.75, 3.05) is 7.11 Å². The van der Waals surface area contributed by atoms with E-state index in [0.29, 0.717) is 12.2 Å². The minimum absolute atomic E-state index is 0.0801. The van der Waals surface area contributed by atoms with Gasteiger partial charge in [-0.2, -0.15) is 0 Å². The number of rotatable bonds is 5. The molecule has 0 saturated heterocycles. The Balaban J connectivity index is 1.94. The predicted octanol–water partition coefficient (Wildman–Crippen LogP) is 2.72. The molecule has 0 unspecified atom stereocenters. The highest BCUT2D eigenvalue weighted by atomic mass is 19.1. The lowest BCUT2D eigenvalue weighted by Gasteiger charge is -2.06. The molecule has 0 fully saturated rings. The summed E-state index contributed by atoms with van der Waals surface area (Å²) in [5.74, 6) is -1.30. The van der Waals surface area contributed by atoms with Crippen LogP contribution in [-0.4, -0.2) is 18.1 Å². The molecule has 0 aliphatic heterocycles. The molecule has 0 bridgehead atoms. The van der Waals surface area contributed by atoms with E-state index in [1.807, 2.05) is 12.1 Å². The number of carbonyl (C=O) groups excluding carboxylic acids is 1. The maximum absolute atomic E-state index is 13.7. The summed E-state index contributed by atoms with van der Waals surface area (Å²) in [7, 11) is 1.21. The van der Waals surface area contributed by atoms with Crippen LogP contribution in [0.15, 0.2) is 42.7 Å². The molecule has 4 nitrogen and oxygen atoms in total. The van der Waals surface area contributed by atoms with Crippen LogP contribution < -0.4 is 0 Å². The van der Waals surface area contributed by atoms with Gasteiger partial charge in [-0.25, -0.2) is 9.18 Å². The average Bonchev–Trinajstić information content (AvgIpc) is 2.48. The lowest BCUT2D eigenvalue weighted by molar-refractivity contribution is 0.0595. The number of carbonyl (C=O) groups is 1. The molecule has 1 aromatic carbocycles. The minimum Gasteiger partial charge on any atom is -0.465 e. The molecule has 0 radical (unpaired) electrons. The molecular formula is C15H14FNO3. The highest BCUT2D eigenvalue weighted by Gasteiger charge is 2.12. The number of nitrogens with zero attached hydrogens (tertiary/aromatic N) is 1. The fourth-order valence-electron chi connectivity index (χ4n) is 1.69. The van der Waals surface area contributed by atoms with E-state index in [4.69, 9.17) is 4.74 Å². The molecule has 1 heterocycles. The molecule has 2 rings (SSSR count). The van der Waals surface area contributed by atoms with Gasteiger partial charge < -0.3 is 9.47 Å². The van der Waals surface area contributed by atoms with Crippen LogP contribution in [0.2, 0.25) is 0 Å². The number of hydrogen-bond acceptors (Lipinski definition) is 4. The standard InChI is InChI=1S/C15H14FNO3/c1-19-15(18)13-5-4-11(7-14(13)16)9-20-10-12-3-2-6-17-8-12/h2-8H,9-10H2,1H3. The summed E-state index contributed by atoms with van der Waals surface area (Å²) in [6.45, 7) is 0.654. The number of methoxy groups -OCH3 is 1. The van der Waals surface area contributed by atoms with Crippen LogP contribution in [0.25, 0.3) is 0 Å². The van der Waals surface area contributed by atoms with Crippen LogP contribution in [0.4, 0.5) is 4.39 Å². The average molecular weight is 275 g/mol. The molecule has 104 valence electrons. The van der Waals surface area contributed by atoms with Crippen molar-refractivity contribution in [2.24, 2.45) is 0 Å². The first-order chi connectivity index (χ1) is 9.70. The maximum Gasteiger partial charge on any atom is 0.340 e. The van der Waals surface area contributed by atoms with E-state index < -0.39 is 11.8 Å². The summed E-state index contributed by atoms with van der Waals surface area (Å²) in [6, 6.07) is 8.02. The Morgan fingerprint density at radius 2 is 2.05 bits per heavy atom. The SMILES string of the molecule is COC(=O)c1ccc(COCc2cccnc2)cc1F. The predicted molar refractivity (Wildman–Crippen MR) is 70.5 cm³/mol. The van der Waals surface area contributed by atoms with E-state index in [1.165, 1.54) is 19.2 Å². The first kappa shape index (κ1) is 14.1. The van der Waals surface area contributed by atoms with Gasteiger partial charge in [-0.15, -0.1) is 0 Å². The molecule has 2 aromatic rings. The fourth-order valence-corrected chi connectivity index (χ4v) is 1.69. The van der Waals surface area contributed by atoms with Crippen molar-refractivity contribution in [1.29, 1.82) is 0 Å². The fraction of sp³-hybridized carbons (Fsp3) is 0.200. The zero-order valence-corrected chi connectivity index (χ0v) is 11.0. The van der Waals surface area contributed by atoms with E-state index in [1.54, 1.807) is 18.5 Å². The summed E-state index contributed by atoms with van der Waals surface area (Å²) in [5, 5.41) is 0. The summed E-state index contributed by atoms with van der Waals surface area (Å²) in [5.41, 5.74) is 1.52. The van der Waals surface area contributed by atoms with Crippen LogP contribution >= 0.6 is 0 Å². The Kier molecular flexibility index (Phi) is 4.79. The van der Waals surface area contributed by atoms with Gasteiger partial charge in [-0.1, -0.05) is 12.1 Å². The molecule has 20 heavy (non-hydrogen) atoms. The topological polar surface area (TPSA) is 48.4 Å². The van der Waals surface area contributed by atoms with Crippen molar-refractivity contribution in [3.8, 4) is 0 Å². The third-order valence-corrected chi connectivity index (χ3v) is 2.70. The lowest BCUT2D eigenvalue weighted by Crippen LogP contribution is -2.05. The monoisotopic (exact) mass is 275 g/mol. The Morgan fingerprint density at radius 1 is 1.25 bits per heavy atom. The molecule has 1 aromatic heterocycles. The molecule has 5 heteroatoms. The van der Waals surface area contributed by atoms with Gasteiger partial charge in [-0.3, -0.25) is 4.98 Å². The van der Waals surface area contributed by atoms with Gasteiger partial charge in [0.25, 0.3) is 0 Å². The first-order valence-electron chi connectivity index (χ1n) is 6.04. The Bertz CT molecular complexity index is 587. The minimum atomic E-state index is -0.690. The van der Waals surface area contributed by atoms with Gasteiger partial charge in [0.1, 0.15) is 5.82 Å². The quantitative estimate of drug-likeness (QED) is 0.787. The second kappa shape index (κ2) is 6.77. The van der Waals surface area contributed by atoms with Crippen molar-refractivity contribution >= 4 is 5.97 Å². The Labute approximate surface area is 116 Å². The molecule has 0 amide bonds. The maximum atomic E-state index is 13.7. The third kappa shape index (κ3) is 3.61. The highest BCUT2D eigenvalue weighted by Crippen LogP contribution is 2.13. The molecule has 0 N–H and O–H groups in total. The molecular weight excluding hydrogens is 261 g/mol. The van der Waals surface area contributed by atoms with Crippen LogP contribution in [0.1, 0.15) is 21.5 Å². The number of aromatic nitrogens is 1. The van der Waals surface area contributed by atoms with Crippen LogP contribution in [0, 0.1) is 5.82 Å². The number of pyridine rings is 1. The van der Waals surface area contributed by atoms with E-state index in [9.17, 15) is 9.18 Å². The van der Waals surface area contributed by atoms with Crippen molar-refractivity contribution in [3.05, 3.63) is 65.2 Å². The van der Waals surface area contributed by atoms with Crippen molar-refractivity contribution in [3.63, 3.8) is 0 Å². The number of esters is 1. The largest absolute Gasteiger partial charge is 0.465 e. The summed E-state index contributed by atoms with van der Waals surface area (Å²) >= 11 is 0. The Hall–Kier alpha value is -2.27. The third-order valence-electron chi connectivity index (χ3n) is 2.70. The zero-order chi connectivity index (χ0) is 14.4. The normalized spacial score (nSPS) is 10.3. The van der Waals surface area contributed by atoms with Gasteiger partial charge in [0.15, 0.2) is 0 Å². The van der Waals surface area contributed by atoms with Gasteiger partial charge in [0.2, 0.25) is 0 Å². The number of hydrogen-bond donors (Lipinski definition) is 0. The number of benzene rings is 1. The van der Waals surface area contributed by atoms with Gasteiger partial charge in [0, 0.05) is 12.4 Å². The molecule has 0 aliphatic carbocycles. The number of halogens is 1. The highest BCUT2D eigenvalue weighted by molar-refractivity contribution is 5.89. The summed E-state index contributed by atoms with van der Waals surface area (Å²) < 4.78 is 23.6. The van der Waals surface area contributed by atoms with Gasteiger partial charge in [-0.05, 0) is 29.3 Å². The summed E-state index contributed by atoms with van der Waals surface area (Å²) in [4.78, 5) is 15.2.